The van der Waals surface area contributed by atoms with Crippen molar-refractivity contribution in [2.45, 2.75) is 26.4 Å². The first-order valence-electron chi connectivity index (χ1n) is 5.72. The third-order valence-electron chi connectivity index (χ3n) is 2.78. The molecular formula is C12H17FN2O3. The summed E-state index contributed by atoms with van der Waals surface area (Å²) in [5, 5.41) is 22.6. The molecule has 1 unspecified atom stereocenters. The first-order chi connectivity index (χ1) is 8.45. The van der Waals surface area contributed by atoms with Gasteiger partial charge in [0.1, 0.15) is 0 Å². The minimum atomic E-state index is -0.843. The first-order valence-corrected chi connectivity index (χ1v) is 5.72. The van der Waals surface area contributed by atoms with Gasteiger partial charge in [-0.3, -0.25) is 10.1 Å². The van der Waals surface area contributed by atoms with E-state index in [1.807, 2.05) is 13.8 Å². The van der Waals surface area contributed by atoms with Gasteiger partial charge in [0.15, 0.2) is 0 Å². The zero-order valence-corrected chi connectivity index (χ0v) is 10.4. The number of halogens is 1. The van der Waals surface area contributed by atoms with Crippen LogP contribution in [-0.2, 0) is 6.54 Å². The quantitative estimate of drug-likeness (QED) is 0.601. The third kappa shape index (κ3) is 3.75. The lowest BCUT2D eigenvalue weighted by Gasteiger charge is -2.19. The minimum Gasteiger partial charge on any atom is -0.395 e. The van der Waals surface area contributed by atoms with E-state index in [9.17, 15) is 14.5 Å². The van der Waals surface area contributed by atoms with Gasteiger partial charge in [-0.2, -0.15) is 4.39 Å². The Morgan fingerprint density at radius 2 is 2.17 bits per heavy atom. The fourth-order valence-corrected chi connectivity index (χ4v) is 1.57. The van der Waals surface area contributed by atoms with Crippen molar-refractivity contribution in [2.24, 2.45) is 5.92 Å². The molecule has 0 aliphatic rings. The van der Waals surface area contributed by atoms with Crippen LogP contribution < -0.4 is 5.32 Å². The lowest BCUT2D eigenvalue weighted by atomic mass is 10.0. The van der Waals surface area contributed by atoms with Gasteiger partial charge in [0.25, 0.3) is 0 Å². The number of nitro groups is 1. The van der Waals surface area contributed by atoms with E-state index in [0.29, 0.717) is 12.1 Å². The van der Waals surface area contributed by atoms with Crippen LogP contribution in [0.15, 0.2) is 18.2 Å². The van der Waals surface area contributed by atoms with Crippen LogP contribution in [-0.4, -0.2) is 22.7 Å². The zero-order valence-electron chi connectivity index (χ0n) is 10.4. The molecule has 0 aliphatic heterocycles. The predicted molar refractivity (Wildman–Crippen MR) is 65.6 cm³/mol. The van der Waals surface area contributed by atoms with Gasteiger partial charge in [0.05, 0.1) is 11.5 Å². The summed E-state index contributed by atoms with van der Waals surface area (Å²) in [6, 6.07) is 3.71. The van der Waals surface area contributed by atoms with Crippen LogP contribution in [0.5, 0.6) is 0 Å². The summed E-state index contributed by atoms with van der Waals surface area (Å²) in [6.45, 7) is 4.28. The molecule has 5 nitrogen and oxygen atoms in total. The average Bonchev–Trinajstić information content (AvgIpc) is 2.28. The molecule has 0 saturated heterocycles. The number of hydrogen-bond donors (Lipinski definition) is 2. The SMILES string of the molecule is CC(C)C(CO)NCc1ccc([N+](=O)[O-])c(F)c1. The molecule has 2 N–H and O–H groups in total. The summed E-state index contributed by atoms with van der Waals surface area (Å²) in [5.41, 5.74) is 0.0820. The molecule has 0 spiro atoms. The summed E-state index contributed by atoms with van der Waals surface area (Å²) in [4.78, 5) is 9.70. The van der Waals surface area contributed by atoms with E-state index < -0.39 is 16.4 Å². The van der Waals surface area contributed by atoms with Crippen molar-refractivity contribution in [3.63, 3.8) is 0 Å². The van der Waals surface area contributed by atoms with Gasteiger partial charge < -0.3 is 10.4 Å². The molecule has 1 aromatic carbocycles. The number of nitro benzene ring substituents is 1. The van der Waals surface area contributed by atoms with E-state index in [1.165, 1.54) is 6.07 Å². The molecule has 1 rings (SSSR count). The Kier molecular flexibility index (Phi) is 5.18. The Morgan fingerprint density at radius 3 is 2.61 bits per heavy atom. The van der Waals surface area contributed by atoms with Crippen LogP contribution in [0.2, 0.25) is 0 Å². The Labute approximate surface area is 105 Å². The van der Waals surface area contributed by atoms with Crippen LogP contribution in [0.1, 0.15) is 19.4 Å². The van der Waals surface area contributed by atoms with E-state index in [-0.39, 0.29) is 18.6 Å². The highest BCUT2D eigenvalue weighted by molar-refractivity contribution is 5.34. The number of aliphatic hydroxyl groups excluding tert-OH is 1. The second-order valence-electron chi connectivity index (χ2n) is 4.46. The summed E-state index contributed by atoms with van der Waals surface area (Å²) in [6.07, 6.45) is 0. The molecule has 1 atom stereocenters. The summed E-state index contributed by atoms with van der Waals surface area (Å²) in [5.74, 6) is -0.595. The van der Waals surface area contributed by atoms with Crippen LogP contribution >= 0.6 is 0 Å². The molecule has 0 aliphatic carbocycles. The number of benzene rings is 1. The molecule has 0 fully saturated rings. The normalized spacial score (nSPS) is 12.7. The van der Waals surface area contributed by atoms with Crippen molar-refractivity contribution in [1.29, 1.82) is 0 Å². The number of rotatable bonds is 6. The Morgan fingerprint density at radius 1 is 1.50 bits per heavy atom. The average molecular weight is 256 g/mol. The van der Waals surface area contributed by atoms with Gasteiger partial charge in [-0.1, -0.05) is 19.9 Å². The van der Waals surface area contributed by atoms with Crippen LogP contribution in [0.3, 0.4) is 0 Å². The highest BCUT2D eigenvalue weighted by Gasteiger charge is 2.15. The van der Waals surface area contributed by atoms with E-state index in [2.05, 4.69) is 5.32 Å². The van der Waals surface area contributed by atoms with E-state index >= 15 is 0 Å². The third-order valence-corrected chi connectivity index (χ3v) is 2.78. The zero-order chi connectivity index (χ0) is 13.7. The predicted octanol–water partition coefficient (Wildman–Crippen LogP) is 1.84. The summed E-state index contributed by atoms with van der Waals surface area (Å²) >= 11 is 0. The maximum absolute atomic E-state index is 13.3. The van der Waals surface area contributed by atoms with Gasteiger partial charge in [-0.25, -0.2) is 0 Å². The van der Waals surface area contributed by atoms with Crippen LogP contribution in [0, 0.1) is 21.8 Å². The van der Waals surface area contributed by atoms with E-state index in [4.69, 9.17) is 5.11 Å². The van der Waals surface area contributed by atoms with Gasteiger partial charge in [-0.05, 0) is 17.5 Å². The van der Waals surface area contributed by atoms with Crippen LogP contribution in [0.25, 0.3) is 0 Å². The topological polar surface area (TPSA) is 75.4 Å². The Hall–Kier alpha value is -1.53. The van der Waals surface area contributed by atoms with Gasteiger partial charge in [0.2, 0.25) is 5.82 Å². The molecule has 6 heteroatoms. The fourth-order valence-electron chi connectivity index (χ4n) is 1.57. The fraction of sp³-hybridized carbons (Fsp3) is 0.500. The number of nitrogens with zero attached hydrogens (tertiary/aromatic N) is 1. The van der Waals surface area contributed by atoms with Gasteiger partial charge in [-0.15, -0.1) is 0 Å². The maximum atomic E-state index is 13.3. The van der Waals surface area contributed by atoms with Crippen molar-refractivity contribution in [1.82, 2.24) is 5.32 Å². The standard InChI is InChI=1S/C12H17FN2O3/c1-8(2)11(7-16)14-6-9-3-4-12(15(17)18)10(13)5-9/h3-5,8,11,14,16H,6-7H2,1-2H3. The minimum absolute atomic E-state index is 0.00682. The molecule has 0 amide bonds. The lowest BCUT2D eigenvalue weighted by molar-refractivity contribution is -0.387. The highest BCUT2D eigenvalue weighted by Crippen LogP contribution is 2.18. The second-order valence-corrected chi connectivity index (χ2v) is 4.46. The molecule has 0 saturated carbocycles. The molecule has 0 heterocycles. The molecule has 0 aromatic heterocycles. The van der Waals surface area contributed by atoms with Crippen molar-refractivity contribution in [2.75, 3.05) is 6.61 Å². The maximum Gasteiger partial charge on any atom is 0.304 e. The molecule has 1 aromatic rings. The van der Waals surface area contributed by atoms with Crippen molar-refractivity contribution < 1.29 is 14.4 Å². The lowest BCUT2D eigenvalue weighted by Crippen LogP contribution is -2.36. The van der Waals surface area contributed by atoms with Crippen molar-refractivity contribution >= 4 is 5.69 Å². The van der Waals surface area contributed by atoms with Crippen LogP contribution in [0.4, 0.5) is 10.1 Å². The van der Waals surface area contributed by atoms with E-state index in [0.717, 1.165) is 12.1 Å². The van der Waals surface area contributed by atoms with Crippen molar-refractivity contribution in [3.8, 4) is 0 Å². The summed E-state index contributed by atoms with van der Waals surface area (Å²) < 4.78 is 13.3. The second kappa shape index (κ2) is 6.42. The van der Waals surface area contributed by atoms with Gasteiger partial charge in [0, 0.05) is 18.7 Å². The van der Waals surface area contributed by atoms with E-state index in [1.54, 1.807) is 0 Å². The monoisotopic (exact) mass is 256 g/mol. The van der Waals surface area contributed by atoms with Crippen molar-refractivity contribution in [3.05, 3.63) is 39.7 Å². The largest absolute Gasteiger partial charge is 0.395 e. The summed E-state index contributed by atoms with van der Waals surface area (Å²) in [7, 11) is 0. The molecule has 0 radical (unpaired) electrons. The number of nitrogens with one attached hydrogen (secondary N) is 1. The molecule has 100 valence electrons. The molecule has 0 bridgehead atoms. The molecular weight excluding hydrogens is 239 g/mol. The number of hydrogen-bond acceptors (Lipinski definition) is 4. The van der Waals surface area contributed by atoms with Gasteiger partial charge >= 0.3 is 5.69 Å². The Balaban J connectivity index is 2.69. The number of aliphatic hydroxyl groups is 1. The molecule has 18 heavy (non-hydrogen) atoms. The first kappa shape index (κ1) is 14.5. The smallest absolute Gasteiger partial charge is 0.304 e. The highest BCUT2D eigenvalue weighted by atomic mass is 19.1. The Bertz CT molecular complexity index is 424.